The van der Waals surface area contributed by atoms with Gasteiger partial charge < -0.3 is 10.6 Å². The fraction of sp³-hybridized carbons (Fsp3) is 0.0789. The van der Waals surface area contributed by atoms with E-state index in [4.69, 9.17) is 0 Å². The number of thioether (sulfide) groups is 1. The lowest BCUT2D eigenvalue weighted by molar-refractivity contribution is -0.117. The van der Waals surface area contributed by atoms with Gasteiger partial charge in [-0.2, -0.15) is 0 Å². The highest BCUT2D eigenvalue weighted by molar-refractivity contribution is 8.00. The molecule has 0 saturated carbocycles. The monoisotopic (exact) mass is 641 g/mol. The van der Waals surface area contributed by atoms with Crippen molar-refractivity contribution in [3.05, 3.63) is 150 Å². The number of aryl methyl sites for hydroxylation is 1. The molecule has 3 amide bonds. The molecule has 0 bridgehead atoms. The second kappa shape index (κ2) is 13.9. The van der Waals surface area contributed by atoms with Gasteiger partial charge in [0.1, 0.15) is 5.70 Å². The molecule has 0 aliphatic carbocycles. The maximum atomic E-state index is 14.0. The summed E-state index contributed by atoms with van der Waals surface area (Å²) in [5, 5.41) is 5.31. The summed E-state index contributed by atoms with van der Waals surface area (Å²) in [6.07, 6.45) is 1.68. The fourth-order valence-electron chi connectivity index (χ4n) is 5.07. The number of nitrogens with zero attached hydrogens (tertiary/aromatic N) is 1. The Morgan fingerprint density at radius 1 is 0.761 bits per heavy atom. The van der Waals surface area contributed by atoms with Crippen LogP contribution in [0.3, 0.4) is 0 Å². The summed E-state index contributed by atoms with van der Waals surface area (Å²) in [5.74, 6) is -0.879. The first-order valence-corrected chi connectivity index (χ1v) is 16.5. The zero-order valence-electron chi connectivity index (χ0n) is 25.3. The zero-order valence-corrected chi connectivity index (χ0v) is 26.9. The number of fused-ring (bicyclic) bond motifs is 2. The molecule has 1 unspecified atom stereocenters. The first-order valence-electron chi connectivity index (χ1n) is 14.8. The second-order valence-electron chi connectivity index (χ2n) is 10.7. The van der Waals surface area contributed by atoms with Crippen LogP contribution in [0.2, 0.25) is 0 Å². The zero-order chi connectivity index (χ0) is 32.0. The predicted molar refractivity (Wildman–Crippen MR) is 188 cm³/mol. The first-order chi connectivity index (χ1) is 22.4. The molecule has 0 fully saturated rings. The van der Waals surface area contributed by atoms with Crippen LogP contribution in [0.15, 0.2) is 148 Å². The van der Waals surface area contributed by atoms with Crippen LogP contribution in [0.5, 0.6) is 0 Å². The van der Waals surface area contributed by atoms with Gasteiger partial charge >= 0.3 is 0 Å². The Kier molecular flexibility index (Phi) is 9.38. The maximum Gasteiger partial charge on any atom is 0.272 e. The number of anilines is 3. The number of benzene rings is 5. The van der Waals surface area contributed by atoms with Crippen molar-refractivity contribution in [2.24, 2.45) is 0 Å². The third-order valence-electron chi connectivity index (χ3n) is 7.42. The van der Waals surface area contributed by atoms with E-state index in [1.165, 1.54) is 11.8 Å². The largest absolute Gasteiger partial charge is 0.321 e. The summed E-state index contributed by atoms with van der Waals surface area (Å²) in [6.45, 7) is 3.84. The lowest BCUT2D eigenvalue weighted by Crippen LogP contribution is -2.34. The van der Waals surface area contributed by atoms with Crippen LogP contribution in [-0.2, 0) is 9.59 Å². The molecule has 6 nitrogen and oxygen atoms in total. The van der Waals surface area contributed by atoms with Crippen LogP contribution in [0.25, 0.3) is 6.08 Å². The number of para-hydroxylation sites is 2. The Labute approximate surface area is 276 Å². The minimum Gasteiger partial charge on any atom is -0.321 e. The van der Waals surface area contributed by atoms with E-state index < -0.39 is 11.2 Å². The molecule has 6 rings (SSSR count). The number of carbonyl (C=O) groups is 3. The normalized spacial score (nSPS) is 12.8. The Hall–Kier alpha value is -5.05. The van der Waals surface area contributed by atoms with Crippen molar-refractivity contribution in [2.75, 3.05) is 10.2 Å². The van der Waals surface area contributed by atoms with Gasteiger partial charge in [-0.15, -0.1) is 11.8 Å². The van der Waals surface area contributed by atoms with Gasteiger partial charge in [-0.1, -0.05) is 84.6 Å². The van der Waals surface area contributed by atoms with Crippen LogP contribution in [0.1, 0.15) is 28.4 Å². The Morgan fingerprint density at radius 2 is 1.39 bits per heavy atom. The van der Waals surface area contributed by atoms with Crippen molar-refractivity contribution in [1.29, 1.82) is 0 Å². The van der Waals surface area contributed by atoms with Gasteiger partial charge in [0.05, 0.1) is 16.6 Å². The molecule has 2 N–H and O–H groups in total. The van der Waals surface area contributed by atoms with Crippen molar-refractivity contribution in [3.63, 3.8) is 0 Å². The summed E-state index contributed by atoms with van der Waals surface area (Å²) < 4.78 is 0. The van der Waals surface area contributed by atoms with Crippen LogP contribution in [0, 0.1) is 6.92 Å². The van der Waals surface area contributed by atoms with E-state index in [1.54, 1.807) is 48.2 Å². The molecule has 0 radical (unpaired) electrons. The molecule has 0 aromatic heterocycles. The lowest BCUT2D eigenvalue weighted by Gasteiger charge is -2.32. The number of amides is 3. The molecule has 1 atom stereocenters. The van der Waals surface area contributed by atoms with E-state index in [-0.39, 0.29) is 17.5 Å². The van der Waals surface area contributed by atoms with Crippen LogP contribution >= 0.6 is 23.5 Å². The molecule has 228 valence electrons. The molecular weight excluding hydrogens is 611 g/mol. The van der Waals surface area contributed by atoms with Gasteiger partial charge in [0.2, 0.25) is 5.91 Å². The highest BCUT2D eigenvalue weighted by Crippen LogP contribution is 2.48. The Morgan fingerprint density at radius 3 is 2.09 bits per heavy atom. The van der Waals surface area contributed by atoms with E-state index in [0.29, 0.717) is 11.3 Å². The molecule has 46 heavy (non-hydrogen) atoms. The minimum atomic E-state index is -0.460. The van der Waals surface area contributed by atoms with Crippen molar-refractivity contribution >= 4 is 64.4 Å². The summed E-state index contributed by atoms with van der Waals surface area (Å²) in [7, 11) is 0. The van der Waals surface area contributed by atoms with Gasteiger partial charge in [-0.05, 0) is 85.6 Å². The smallest absolute Gasteiger partial charge is 0.272 e. The maximum absolute atomic E-state index is 14.0. The predicted octanol–water partition coefficient (Wildman–Crippen LogP) is 8.71. The molecule has 5 aromatic rings. The average Bonchev–Trinajstić information content (AvgIpc) is 3.08. The molecule has 1 aliphatic heterocycles. The summed E-state index contributed by atoms with van der Waals surface area (Å²) in [4.78, 5) is 45.3. The molecular formula is C38H31N3O3S2. The summed E-state index contributed by atoms with van der Waals surface area (Å²) >= 11 is 3.08. The SMILES string of the molecule is Cc1ccccc1/C=C(\NC(=O)c1ccccc1)C(=O)Nc1cccc(SC(C)C(=O)N2c3ccccc3Sc3ccccc32)c1. The number of carbonyl (C=O) groups excluding carboxylic acids is 3. The number of nitrogens with one attached hydrogen (secondary N) is 2. The van der Waals surface area contributed by atoms with Gasteiger partial charge in [-0.25, -0.2) is 0 Å². The van der Waals surface area contributed by atoms with Gasteiger partial charge in [-0.3, -0.25) is 19.3 Å². The highest BCUT2D eigenvalue weighted by atomic mass is 32.2. The Balaban J connectivity index is 1.21. The average molecular weight is 642 g/mol. The van der Waals surface area contributed by atoms with E-state index in [0.717, 1.165) is 37.2 Å². The minimum absolute atomic E-state index is 0.0355. The van der Waals surface area contributed by atoms with Crippen molar-refractivity contribution in [3.8, 4) is 0 Å². The lowest BCUT2D eigenvalue weighted by atomic mass is 10.1. The first kappa shape index (κ1) is 31.0. The summed E-state index contributed by atoms with van der Waals surface area (Å²) in [5.41, 5.74) is 4.63. The van der Waals surface area contributed by atoms with E-state index in [1.807, 2.05) is 116 Å². The number of hydrogen-bond donors (Lipinski definition) is 2. The molecule has 5 aromatic carbocycles. The van der Waals surface area contributed by atoms with Gasteiger partial charge in [0.15, 0.2) is 0 Å². The molecule has 1 heterocycles. The number of rotatable bonds is 8. The van der Waals surface area contributed by atoms with Crippen LogP contribution < -0.4 is 15.5 Å². The molecule has 1 aliphatic rings. The quantitative estimate of drug-likeness (QED) is 0.131. The molecule has 0 saturated heterocycles. The second-order valence-corrected chi connectivity index (χ2v) is 13.2. The van der Waals surface area contributed by atoms with Crippen molar-refractivity contribution < 1.29 is 14.4 Å². The highest BCUT2D eigenvalue weighted by Gasteiger charge is 2.31. The topological polar surface area (TPSA) is 78.5 Å². The molecule has 0 spiro atoms. The number of hydrogen-bond acceptors (Lipinski definition) is 5. The van der Waals surface area contributed by atoms with Crippen molar-refractivity contribution in [1.82, 2.24) is 5.32 Å². The fourth-order valence-corrected chi connectivity index (χ4v) is 7.10. The third-order valence-corrected chi connectivity index (χ3v) is 9.63. The van der Waals surface area contributed by atoms with Crippen molar-refractivity contribution in [2.45, 2.75) is 33.8 Å². The van der Waals surface area contributed by atoms with Crippen LogP contribution in [-0.4, -0.2) is 23.0 Å². The van der Waals surface area contributed by atoms with E-state index in [9.17, 15) is 14.4 Å². The summed E-state index contributed by atoms with van der Waals surface area (Å²) in [6, 6.07) is 39.7. The molecule has 8 heteroatoms. The van der Waals surface area contributed by atoms with Crippen LogP contribution in [0.4, 0.5) is 17.1 Å². The van der Waals surface area contributed by atoms with E-state index >= 15 is 0 Å². The van der Waals surface area contributed by atoms with E-state index in [2.05, 4.69) is 10.6 Å². The van der Waals surface area contributed by atoms with Gasteiger partial charge in [0.25, 0.3) is 11.8 Å². The Bertz CT molecular complexity index is 1910. The van der Waals surface area contributed by atoms with Gasteiger partial charge in [0, 0.05) is 25.9 Å². The third kappa shape index (κ3) is 6.93. The standard InChI is InChI=1S/C38H31N3O3S2/c1-25-13-6-7-16-28(25)23-31(40-36(42)27-14-4-3-5-15-27)37(43)39-29-17-12-18-30(24-29)45-26(2)38(44)41-32-19-8-10-21-34(32)46-35-22-11-9-20-33(35)41/h3-24,26H,1-2H3,(H,39,43)(H,40,42)/b31-23-.